The van der Waals surface area contributed by atoms with Gasteiger partial charge in [-0.25, -0.2) is 0 Å². The second-order valence-corrected chi connectivity index (χ2v) is 10.0. The zero-order chi connectivity index (χ0) is 25.4. The third kappa shape index (κ3) is 4.91. The molecule has 7 atom stereocenters. The molecule has 4 N–H and O–H groups in total. The summed E-state index contributed by atoms with van der Waals surface area (Å²) >= 11 is 0. The van der Waals surface area contributed by atoms with E-state index < -0.39 is 24.6 Å². The Kier molecular flexibility index (Phi) is 7.39. The van der Waals surface area contributed by atoms with E-state index in [9.17, 15) is 20.4 Å². The summed E-state index contributed by atoms with van der Waals surface area (Å²) in [5.41, 5.74) is 3.18. The molecule has 2 heterocycles. The van der Waals surface area contributed by atoms with E-state index in [1.165, 1.54) is 0 Å². The minimum absolute atomic E-state index is 0.0201. The van der Waals surface area contributed by atoms with Crippen molar-refractivity contribution in [3.8, 4) is 17.2 Å². The molecule has 0 radical (unpaired) electrons. The number of aliphatic hydroxyl groups is 4. The van der Waals surface area contributed by atoms with Crippen LogP contribution in [0.25, 0.3) is 0 Å². The van der Waals surface area contributed by atoms with Crippen molar-refractivity contribution in [1.29, 1.82) is 0 Å². The Labute approximate surface area is 210 Å². The summed E-state index contributed by atoms with van der Waals surface area (Å²) < 4.78 is 28.6. The molecule has 0 unspecified atom stereocenters. The van der Waals surface area contributed by atoms with Gasteiger partial charge in [-0.1, -0.05) is 12.1 Å². The molecule has 5 rings (SSSR count). The summed E-state index contributed by atoms with van der Waals surface area (Å²) in [7, 11) is 0. The zero-order valence-electron chi connectivity index (χ0n) is 20.4. The zero-order valence-corrected chi connectivity index (χ0v) is 20.4. The van der Waals surface area contributed by atoms with Gasteiger partial charge in [0.05, 0.1) is 19.3 Å². The monoisotopic (exact) mass is 502 g/mol. The van der Waals surface area contributed by atoms with Crippen molar-refractivity contribution in [1.82, 2.24) is 0 Å². The van der Waals surface area contributed by atoms with Gasteiger partial charge in [-0.3, -0.25) is 0 Å². The van der Waals surface area contributed by atoms with Crippen LogP contribution in [0.1, 0.15) is 36.5 Å². The maximum Gasteiger partial charge on any atom is 0.231 e. The van der Waals surface area contributed by atoms with Gasteiger partial charge in [0.2, 0.25) is 6.79 Å². The van der Waals surface area contributed by atoms with Gasteiger partial charge in [0.15, 0.2) is 17.8 Å². The van der Waals surface area contributed by atoms with E-state index >= 15 is 0 Å². The van der Waals surface area contributed by atoms with Crippen molar-refractivity contribution in [2.45, 2.75) is 56.9 Å². The SMILES string of the molecule is CC(C)Oc1ccc2c(c1)[C@@H](c1ccc3c(c1)OCO3)[C@H](CO[C@@H]1OC[C@@H](O)[C@H](O)[C@H]1O)[C@@H](CO)C2. The van der Waals surface area contributed by atoms with Crippen molar-refractivity contribution in [2.24, 2.45) is 11.8 Å². The molecular weight excluding hydrogens is 468 g/mol. The van der Waals surface area contributed by atoms with Crippen molar-refractivity contribution >= 4 is 0 Å². The second-order valence-electron chi connectivity index (χ2n) is 10.0. The van der Waals surface area contributed by atoms with Crippen molar-refractivity contribution < 1.29 is 44.1 Å². The highest BCUT2D eigenvalue weighted by Gasteiger charge is 2.42. The Morgan fingerprint density at radius 1 is 1.00 bits per heavy atom. The van der Waals surface area contributed by atoms with Crippen LogP contribution in [-0.2, 0) is 15.9 Å². The van der Waals surface area contributed by atoms with E-state index in [4.69, 9.17) is 23.7 Å². The predicted octanol–water partition coefficient (Wildman–Crippen LogP) is 1.57. The standard InChI is InChI=1S/C27H34O9/c1-14(2)36-18-5-3-15-7-17(10-28)20(11-32-27-26(31)25(30)21(29)12-33-27)24(19(15)9-18)16-4-6-22-23(8-16)35-13-34-22/h3-6,8-9,14,17,20-21,24-31H,7,10-13H2,1-2H3/t17-,20-,21-,24-,25+,26-,27-/m1/s1. The fourth-order valence-corrected chi connectivity index (χ4v) is 5.43. The van der Waals surface area contributed by atoms with Crippen LogP contribution < -0.4 is 14.2 Å². The number of benzene rings is 2. The van der Waals surface area contributed by atoms with Crippen LogP contribution in [0.4, 0.5) is 0 Å². The van der Waals surface area contributed by atoms with Crippen LogP contribution in [0.15, 0.2) is 36.4 Å². The average molecular weight is 503 g/mol. The van der Waals surface area contributed by atoms with Crippen LogP contribution in [0, 0.1) is 11.8 Å². The van der Waals surface area contributed by atoms with E-state index in [2.05, 4.69) is 12.1 Å². The summed E-state index contributed by atoms with van der Waals surface area (Å²) in [5, 5.41) is 40.6. The van der Waals surface area contributed by atoms with Gasteiger partial charge in [0.25, 0.3) is 0 Å². The lowest BCUT2D eigenvalue weighted by atomic mass is 9.67. The van der Waals surface area contributed by atoms with Crippen LogP contribution in [-0.4, -0.2) is 77.7 Å². The number of aliphatic hydroxyl groups excluding tert-OH is 4. The highest BCUT2D eigenvalue weighted by Crippen LogP contribution is 2.47. The number of rotatable bonds is 7. The summed E-state index contributed by atoms with van der Waals surface area (Å²) in [5.74, 6) is 1.63. The van der Waals surface area contributed by atoms with Crippen LogP contribution >= 0.6 is 0 Å². The van der Waals surface area contributed by atoms with Crippen LogP contribution in [0.5, 0.6) is 17.2 Å². The van der Waals surface area contributed by atoms with Gasteiger partial charge in [-0.05, 0) is 73.1 Å². The molecule has 2 aromatic carbocycles. The second kappa shape index (κ2) is 10.5. The number of hydrogen-bond acceptors (Lipinski definition) is 9. The molecule has 9 nitrogen and oxygen atoms in total. The van der Waals surface area contributed by atoms with Gasteiger partial charge >= 0.3 is 0 Å². The molecule has 1 fully saturated rings. The third-order valence-corrected chi connectivity index (χ3v) is 7.24. The fourth-order valence-electron chi connectivity index (χ4n) is 5.43. The van der Waals surface area contributed by atoms with Gasteiger partial charge in [-0.2, -0.15) is 0 Å². The molecule has 1 aliphatic carbocycles. The number of fused-ring (bicyclic) bond motifs is 2. The molecule has 0 amide bonds. The van der Waals surface area contributed by atoms with E-state index in [0.29, 0.717) is 17.9 Å². The average Bonchev–Trinajstić information content (AvgIpc) is 3.34. The molecule has 0 bridgehead atoms. The number of hydrogen-bond donors (Lipinski definition) is 4. The fraction of sp³-hybridized carbons (Fsp3) is 0.556. The molecule has 3 aliphatic rings. The van der Waals surface area contributed by atoms with E-state index in [1.54, 1.807) is 0 Å². The van der Waals surface area contributed by atoms with E-state index in [1.807, 2.05) is 38.1 Å². The van der Waals surface area contributed by atoms with Gasteiger partial charge in [-0.15, -0.1) is 0 Å². The summed E-state index contributed by atoms with van der Waals surface area (Å²) in [6.07, 6.45) is -4.33. The Hall–Kier alpha value is -2.40. The first kappa shape index (κ1) is 25.3. The molecule has 0 aromatic heterocycles. The highest BCUT2D eigenvalue weighted by molar-refractivity contribution is 5.51. The Balaban J connectivity index is 1.50. The molecule has 36 heavy (non-hydrogen) atoms. The lowest BCUT2D eigenvalue weighted by Crippen LogP contribution is -2.54. The van der Waals surface area contributed by atoms with Crippen LogP contribution in [0.2, 0.25) is 0 Å². The maximum absolute atomic E-state index is 10.4. The van der Waals surface area contributed by atoms with Crippen molar-refractivity contribution in [3.05, 3.63) is 53.1 Å². The van der Waals surface area contributed by atoms with E-state index in [0.717, 1.165) is 22.4 Å². The van der Waals surface area contributed by atoms with Crippen LogP contribution in [0.3, 0.4) is 0 Å². The predicted molar refractivity (Wildman–Crippen MR) is 128 cm³/mol. The third-order valence-electron chi connectivity index (χ3n) is 7.24. The largest absolute Gasteiger partial charge is 0.491 e. The summed E-state index contributed by atoms with van der Waals surface area (Å²) in [6, 6.07) is 11.9. The molecule has 2 aliphatic heterocycles. The summed E-state index contributed by atoms with van der Waals surface area (Å²) in [6.45, 7) is 4.10. The normalized spacial score (nSPS) is 31.4. The first-order valence-corrected chi connectivity index (χ1v) is 12.4. The van der Waals surface area contributed by atoms with Crippen molar-refractivity contribution in [2.75, 3.05) is 26.6 Å². The molecule has 0 spiro atoms. The smallest absolute Gasteiger partial charge is 0.231 e. The van der Waals surface area contributed by atoms with Gasteiger partial charge in [0, 0.05) is 12.5 Å². The lowest BCUT2D eigenvalue weighted by Gasteiger charge is -2.41. The first-order valence-electron chi connectivity index (χ1n) is 12.4. The maximum atomic E-state index is 10.4. The van der Waals surface area contributed by atoms with Crippen molar-refractivity contribution in [3.63, 3.8) is 0 Å². The lowest BCUT2D eigenvalue weighted by molar-refractivity contribution is -0.274. The Bertz CT molecular complexity index is 1060. The molecular formula is C27H34O9. The Morgan fingerprint density at radius 3 is 2.58 bits per heavy atom. The Morgan fingerprint density at radius 2 is 1.81 bits per heavy atom. The van der Waals surface area contributed by atoms with E-state index in [-0.39, 0.29) is 50.5 Å². The van der Waals surface area contributed by atoms with Gasteiger partial charge < -0.3 is 44.1 Å². The molecule has 9 heteroatoms. The summed E-state index contributed by atoms with van der Waals surface area (Å²) in [4.78, 5) is 0. The quantitative estimate of drug-likeness (QED) is 0.446. The number of ether oxygens (including phenoxy) is 5. The molecule has 1 saturated heterocycles. The minimum Gasteiger partial charge on any atom is -0.491 e. The molecule has 196 valence electrons. The van der Waals surface area contributed by atoms with Gasteiger partial charge in [0.1, 0.15) is 24.1 Å². The first-order chi connectivity index (χ1) is 17.4. The topological polar surface area (TPSA) is 127 Å². The highest BCUT2D eigenvalue weighted by atomic mass is 16.7. The molecule has 0 saturated carbocycles. The minimum atomic E-state index is -1.38. The molecule has 2 aromatic rings.